The van der Waals surface area contributed by atoms with E-state index in [1.165, 1.54) is 6.26 Å². The van der Waals surface area contributed by atoms with Gasteiger partial charge in [0.05, 0.1) is 18.7 Å². The maximum absolute atomic E-state index is 9.96. The van der Waals surface area contributed by atoms with Crippen LogP contribution in [0.25, 0.3) is 0 Å². The van der Waals surface area contributed by atoms with E-state index in [4.69, 9.17) is 4.42 Å². The molecule has 80 valence electrons. The fourth-order valence-corrected chi connectivity index (χ4v) is 1.40. The highest BCUT2D eigenvalue weighted by Gasteiger charge is 2.14. The van der Waals surface area contributed by atoms with Crippen LogP contribution in [0, 0.1) is 0 Å². The van der Waals surface area contributed by atoms with Gasteiger partial charge in [-0.1, -0.05) is 0 Å². The van der Waals surface area contributed by atoms with Crippen molar-refractivity contribution < 1.29 is 9.52 Å². The molecule has 4 heteroatoms. The SMILES string of the molecule is CC(C)n1cc(C(O)c2ccoc2)cn1. The van der Waals surface area contributed by atoms with E-state index >= 15 is 0 Å². The smallest absolute Gasteiger partial charge is 0.110 e. The lowest BCUT2D eigenvalue weighted by molar-refractivity contribution is 0.219. The van der Waals surface area contributed by atoms with Crippen molar-refractivity contribution in [2.45, 2.75) is 26.0 Å². The fourth-order valence-electron chi connectivity index (χ4n) is 1.40. The molecule has 0 saturated heterocycles. The Bertz CT molecular complexity index is 417. The van der Waals surface area contributed by atoms with Crippen molar-refractivity contribution in [2.75, 3.05) is 0 Å². The van der Waals surface area contributed by atoms with E-state index < -0.39 is 6.10 Å². The van der Waals surface area contributed by atoms with E-state index in [9.17, 15) is 5.11 Å². The van der Waals surface area contributed by atoms with E-state index in [1.807, 2.05) is 24.7 Å². The first-order valence-corrected chi connectivity index (χ1v) is 4.92. The van der Waals surface area contributed by atoms with Crippen molar-refractivity contribution in [3.05, 3.63) is 42.1 Å². The van der Waals surface area contributed by atoms with Gasteiger partial charge in [0, 0.05) is 23.4 Å². The molecule has 2 aromatic rings. The molecule has 0 aliphatic carbocycles. The molecule has 2 heterocycles. The number of aliphatic hydroxyl groups excluding tert-OH is 1. The van der Waals surface area contributed by atoms with Gasteiger partial charge in [0.1, 0.15) is 6.10 Å². The van der Waals surface area contributed by atoms with Gasteiger partial charge < -0.3 is 9.52 Å². The van der Waals surface area contributed by atoms with Crippen LogP contribution in [-0.2, 0) is 0 Å². The standard InChI is InChI=1S/C11H14N2O2/c1-8(2)13-6-10(5-12-13)11(14)9-3-4-15-7-9/h3-8,11,14H,1-2H3. The first kappa shape index (κ1) is 9.98. The lowest BCUT2D eigenvalue weighted by atomic mass is 10.1. The summed E-state index contributed by atoms with van der Waals surface area (Å²) < 4.78 is 6.74. The molecule has 0 aliphatic rings. The van der Waals surface area contributed by atoms with Crippen molar-refractivity contribution in [1.82, 2.24) is 9.78 Å². The minimum atomic E-state index is -0.656. The Balaban J connectivity index is 2.23. The predicted molar refractivity (Wildman–Crippen MR) is 55.4 cm³/mol. The van der Waals surface area contributed by atoms with Gasteiger partial charge in [-0.3, -0.25) is 4.68 Å². The van der Waals surface area contributed by atoms with Gasteiger partial charge >= 0.3 is 0 Å². The van der Waals surface area contributed by atoms with E-state index in [0.29, 0.717) is 6.04 Å². The van der Waals surface area contributed by atoms with Crippen molar-refractivity contribution in [2.24, 2.45) is 0 Å². The third kappa shape index (κ3) is 1.94. The van der Waals surface area contributed by atoms with Crippen LogP contribution in [0.15, 0.2) is 35.4 Å². The van der Waals surface area contributed by atoms with Gasteiger partial charge in [0.2, 0.25) is 0 Å². The Morgan fingerprint density at radius 1 is 1.40 bits per heavy atom. The number of hydrogen-bond acceptors (Lipinski definition) is 3. The van der Waals surface area contributed by atoms with Crippen LogP contribution in [0.1, 0.15) is 37.1 Å². The summed E-state index contributed by atoms with van der Waals surface area (Å²) in [6.07, 6.45) is 5.96. The second kappa shape index (κ2) is 3.90. The van der Waals surface area contributed by atoms with Gasteiger partial charge in [0.25, 0.3) is 0 Å². The van der Waals surface area contributed by atoms with Crippen LogP contribution in [0.5, 0.6) is 0 Å². The van der Waals surface area contributed by atoms with Crippen LogP contribution in [0.4, 0.5) is 0 Å². The summed E-state index contributed by atoms with van der Waals surface area (Å²) in [6.45, 7) is 4.09. The van der Waals surface area contributed by atoms with Gasteiger partial charge in [-0.2, -0.15) is 5.10 Å². The molecule has 2 aromatic heterocycles. The molecule has 2 rings (SSSR count). The molecule has 0 saturated carbocycles. The van der Waals surface area contributed by atoms with Crippen molar-refractivity contribution >= 4 is 0 Å². The number of aromatic nitrogens is 2. The maximum atomic E-state index is 9.96. The number of furan rings is 1. The monoisotopic (exact) mass is 206 g/mol. The normalized spacial score (nSPS) is 13.3. The zero-order valence-electron chi connectivity index (χ0n) is 8.79. The second-order valence-corrected chi connectivity index (χ2v) is 3.81. The fraction of sp³-hybridized carbons (Fsp3) is 0.364. The Hall–Kier alpha value is -1.55. The van der Waals surface area contributed by atoms with Gasteiger partial charge in [-0.15, -0.1) is 0 Å². The van der Waals surface area contributed by atoms with Crippen LogP contribution in [0.3, 0.4) is 0 Å². The number of nitrogens with zero attached hydrogens (tertiary/aromatic N) is 2. The minimum absolute atomic E-state index is 0.301. The molecule has 4 nitrogen and oxygen atoms in total. The van der Waals surface area contributed by atoms with Crippen molar-refractivity contribution in [1.29, 1.82) is 0 Å². The summed E-state index contributed by atoms with van der Waals surface area (Å²) in [6, 6.07) is 2.05. The number of aliphatic hydroxyl groups is 1. The van der Waals surface area contributed by atoms with Crippen LogP contribution in [0.2, 0.25) is 0 Å². The number of hydrogen-bond donors (Lipinski definition) is 1. The zero-order chi connectivity index (χ0) is 10.8. The molecular weight excluding hydrogens is 192 g/mol. The first-order valence-electron chi connectivity index (χ1n) is 4.92. The lowest BCUT2D eigenvalue weighted by Crippen LogP contribution is -2.01. The highest BCUT2D eigenvalue weighted by atomic mass is 16.3. The molecule has 1 atom stereocenters. The molecule has 1 unspecified atom stereocenters. The zero-order valence-corrected chi connectivity index (χ0v) is 8.79. The largest absolute Gasteiger partial charge is 0.472 e. The lowest BCUT2D eigenvalue weighted by Gasteiger charge is -2.05. The molecule has 0 fully saturated rings. The molecule has 0 bridgehead atoms. The van der Waals surface area contributed by atoms with E-state index in [0.717, 1.165) is 11.1 Å². The van der Waals surface area contributed by atoms with Gasteiger partial charge in [-0.25, -0.2) is 0 Å². The predicted octanol–water partition coefficient (Wildman–Crippen LogP) is 2.14. The quantitative estimate of drug-likeness (QED) is 0.837. The Morgan fingerprint density at radius 3 is 2.73 bits per heavy atom. The molecular formula is C11H14N2O2. The summed E-state index contributed by atoms with van der Waals surface area (Å²) in [4.78, 5) is 0. The van der Waals surface area contributed by atoms with Crippen molar-refractivity contribution in [3.63, 3.8) is 0 Å². The Morgan fingerprint density at radius 2 is 2.20 bits per heavy atom. The van der Waals surface area contributed by atoms with E-state index in [2.05, 4.69) is 5.10 Å². The van der Waals surface area contributed by atoms with Crippen LogP contribution >= 0.6 is 0 Å². The Kier molecular flexibility index (Phi) is 2.60. The highest BCUT2D eigenvalue weighted by Crippen LogP contribution is 2.22. The summed E-state index contributed by atoms with van der Waals surface area (Å²) in [7, 11) is 0. The first-order chi connectivity index (χ1) is 7.18. The maximum Gasteiger partial charge on any atom is 0.110 e. The summed E-state index contributed by atoms with van der Waals surface area (Å²) in [5, 5.41) is 14.1. The van der Waals surface area contributed by atoms with Crippen LogP contribution < -0.4 is 0 Å². The molecule has 15 heavy (non-hydrogen) atoms. The molecule has 1 N–H and O–H groups in total. The van der Waals surface area contributed by atoms with Crippen LogP contribution in [-0.4, -0.2) is 14.9 Å². The summed E-state index contributed by atoms with van der Waals surface area (Å²) >= 11 is 0. The number of rotatable bonds is 3. The third-order valence-corrected chi connectivity index (χ3v) is 2.33. The minimum Gasteiger partial charge on any atom is -0.472 e. The topological polar surface area (TPSA) is 51.2 Å². The molecule has 0 aliphatic heterocycles. The molecule has 0 aromatic carbocycles. The average Bonchev–Trinajstić information content (AvgIpc) is 2.88. The third-order valence-electron chi connectivity index (χ3n) is 2.33. The average molecular weight is 206 g/mol. The Labute approximate surface area is 88.1 Å². The second-order valence-electron chi connectivity index (χ2n) is 3.81. The molecule has 0 amide bonds. The summed E-state index contributed by atoms with van der Waals surface area (Å²) in [5.74, 6) is 0. The van der Waals surface area contributed by atoms with E-state index in [-0.39, 0.29) is 0 Å². The van der Waals surface area contributed by atoms with Gasteiger partial charge in [0.15, 0.2) is 0 Å². The molecule has 0 radical (unpaired) electrons. The molecule has 0 spiro atoms. The van der Waals surface area contributed by atoms with Crippen molar-refractivity contribution in [3.8, 4) is 0 Å². The van der Waals surface area contributed by atoms with Gasteiger partial charge in [-0.05, 0) is 19.9 Å². The highest BCUT2D eigenvalue weighted by molar-refractivity contribution is 5.23. The summed E-state index contributed by atoms with van der Waals surface area (Å²) in [5.41, 5.74) is 1.53. The van der Waals surface area contributed by atoms with E-state index in [1.54, 1.807) is 18.5 Å².